The van der Waals surface area contributed by atoms with Crippen LogP contribution >= 0.6 is 0 Å². The van der Waals surface area contributed by atoms with Crippen molar-refractivity contribution in [1.82, 2.24) is 9.97 Å². The zero-order valence-corrected chi connectivity index (χ0v) is 8.15. The first kappa shape index (κ1) is 9.55. The van der Waals surface area contributed by atoms with Crippen LogP contribution in [0, 0.1) is 0 Å². The molecule has 0 amide bonds. The second-order valence-electron chi connectivity index (χ2n) is 3.45. The topological polar surface area (TPSA) is 61.0 Å². The first-order chi connectivity index (χ1) is 6.90. The van der Waals surface area contributed by atoms with Gasteiger partial charge in [-0.2, -0.15) is 0 Å². The maximum Gasteiger partial charge on any atom is 0.157 e. The van der Waals surface area contributed by atoms with Gasteiger partial charge in [-0.3, -0.25) is 0 Å². The summed E-state index contributed by atoms with van der Waals surface area (Å²) in [5, 5.41) is 0. The van der Waals surface area contributed by atoms with E-state index in [4.69, 9.17) is 10.5 Å². The van der Waals surface area contributed by atoms with Crippen molar-refractivity contribution in [1.29, 1.82) is 0 Å². The molecule has 1 fully saturated rings. The van der Waals surface area contributed by atoms with E-state index in [0.29, 0.717) is 6.54 Å². The van der Waals surface area contributed by atoms with Crippen LogP contribution in [0.15, 0.2) is 12.3 Å². The van der Waals surface area contributed by atoms with Gasteiger partial charge in [0.15, 0.2) is 5.82 Å². The summed E-state index contributed by atoms with van der Waals surface area (Å²) in [4.78, 5) is 8.66. The van der Waals surface area contributed by atoms with E-state index < -0.39 is 0 Å². The minimum absolute atomic E-state index is 0.104. The largest absolute Gasteiger partial charge is 0.370 e. The molecule has 1 atom stereocenters. The SMILES string of the molecule is NCCc1ccnc(C2CCCO2)n1. The summed E-state index contributed by atoms with van der Waals surface area (Å²) >= 11 is 0. The van der Waals surface area contributed by atoms with E-state index in [2.05, 4.69) is 9.97 Å². The zero-order valence-electron chi connectivity index (χ0n) is 8.15. The van der Waals surface area contributed by atoms with Gasteiger partial charge >= 0.3 is 0 Å². The Bertz CT molecular complexity index is 297. The molecule has 1 aromatic rings. The summed E-state index contributed by atoms with van der Waals surface area (Å²) < 4.78 is 5.52. The van der Waals surface area contributed by atoms with E-state index in [1.165, 1.54) is 0 Å². The van der Waals surface area contributed by atoms with Crippen LogP contribution in [0.1, 0.15) is 30.5 Å². The molecular formula is C10H15N3O. The highest BCUT2D eigenvalue weighted by Crippen LogP contribution is 2.25. The third kappa shape index (κ3) is 2.08. The van der Waals surface area contributed by atoms with Gasteiger partial charge in [-0.15, -0.1) is 0 Å². The summed E-state index contributed by atoms with van der Waals surface area (Å²) in [6.07, 6.45) is 4.84. The molecule has 0 aromatic carbocycles. The molecule has 1 aliphatic rings. The average Bonchev–Trinajstić information content (AvgIpc) is 2.71. The fraction of sp³-hybridized carbons (Fsp3) is 0.600. The predicted molar refractivity (Wildman–Crippen MR) is 52.7 cm³/mol. The molecule has 0 spiro atoms. The van der Waals surface area contributed by atoms with E-state index >= 15 is 0 Å². The molecule has 1 saturated heterocycles. The highest BCUT2D eigenvalue weighted by molar-refractivity contribution is 5.05. The number of nitrogens with two attached hydrogens (primary N) is 1. The second kappa shape index (κ2) is 4.48. The van der Waals surface area contributed by atoms with Crippen LogP contribution in [0.3, 0.4) is 0 Å². The fourth-order valence-corrected chi connectivity index (χ4v) is 1.64. The quantitative estimate of drug-likeness (QED) is 0.772. The van der Waals surface area contributed by atoms with Crippen molar-refractivity contribution in [3.8, 4) is 0 Å². The number of hydrogen-bond acceptors (Lipinski definition) is 4. The summed E-state index contributed by atoms with van der Waals surface area (Å²) in [5.74, 6) is 0.813. The third-order valence-corrected chi connectivity index (χ3v) is 2.35. The lowest BCUT2D eigenvalue weighted by atomic mass is 10.2. The predicted octanol–water partition coefficient (Wildman–Crippen LogP) is 0.829. The molecule has 0 aliphatic carbocycles. The van der Waals surface area contributed by atoms with Gasteiger partial charge in [0, 0.05) is 24.9 Å². The highest BCUT2D eigenvalue weighted by Gasteiger charge is 2.20. The van der Waals surface area contributed by atoms with Crippen molar-refractivity contribution in [2.45, 2.75) is 25.4 Å². The smallest absolute Gasteiger partial charge is 0.157 e. The van der Waals surface area contributed by atoms with E-state index in [0.717, 1.165) is 37.4 Å². The first-order valence-corrected chi connectivity index (χ1v) is 5.03. The maximum absolute atomic E-state index is 5.52. The van der Waals surface area contributed by atoms with Gasteiger partial charge in [0.1, 0.15) is 6.10 Å². The molecule has 1 unspecified atom stereocenters. The molecule has 0 radical (unpaired) electrons. The third-order valence-electron chi connectivity index (χ3n) is 2.35. The van der Waals surface area contributed by atoms with Crippen molar-refractivity contribution in [2.24, 2.45) is 5.73 Å². The van der Waals surface area contributed by atoms with Crippen LogP contribution in [0.4, 0.5) is 0 Å². The summed E-state index contributed by atoms with van der Waals surface area (Å²) in [6.45, 7) is 1.46. The Morgan fingerprint density at radius 3 is 3.21 bits per heavy atom. The molecule has 1 aromatic heterocycles. The lowest BCUT2D eigenvalue weighted by Crippen LogP contribution is -2.08. The van der Waals surface area contributed by atoms with E-state index in [1.807, 2.05) is 6.07 Å². The molecule has 2 N–H and O–H groups in total. The van der Waals surface area contributed by atoms with Crippen LogP contribution < -0.4 is 5.73 Å². The van der Waals surface area contributed by atoms with Crippen LogP contribution in [-0.4, -0.2) is 23.1 Å². The monoisotopic (exact) mass is 193 g/mol. The molecule has 1 aliphatic heterocycles. The average molecular weight is 193 g/mol. The van der Waals surface area contributed by atoms with Gasteiger partial charge in [0.25, 0.3) is 0 Å². The maximum atomic E-state index is 5.52. The Labute approximate surface area is 83.5 Å². The van der Waals surface area contributed by atoms with Crippen molar-refractivity contribution in [2.75, 3.05) is 13.2 Å². The van der Waals surface area contributed by atoms with Crippen LogP contribution in [0.25, 0.3) is 0 Å². The Morgan fingerprint density at radius 1 is 1.57 bits per heavy atom. The Balaban J connectivity index is 2.12. The number of hydrogen-bond donors (Lipinski definition) is 1. The van der Waals surface area contributed by atoms with Crippen LogP contribution in [0.5, 0.6) is 0 Å². The summed E-state index contributed by atoms with van der Waals surface area (Å²) in [6, 6.07) is 1.91. The number of ether oxygens (including phenoxy) is 1. The number of nitrogens with zero attached hydrogens (tertiary/aromatic N) is 2. The molecule has 0 saturated carbocycles. The van der Waals surface area contributed by atoms with Crippen LogP contribution in [0.2, 0.25) is 0 Å². The molecule has 0 bridgehead atoms. The van der Waals surface area contributed by atoms with E-state index in [1.54, 1.807) is 6.20 Å². The summed E-state index contributed by atoms with van der Waals surface area (Å²) in [5.41, 5.74) is 6.48. The molecule has 4 nitrogen and oxygen atoms in total. The Kier molecular flexibility index (Phi) is 3.06. The van der Waals surface area contributed by atoms with Crippen molar-refractivity contribution >= 4 is 0 Å². The lowest BCUT2D eigenvalue weighted by Gasteiger charge is -2.08. The van der Waals surface area contributed by atoms with Crippen molar-refractivity contribution in [3.63, 3.8) is 0 Å². The van der Waals surface area contributed by atoms with E-state index in [9.17, 15) is 0 Å². The second-order valence-corrected chi connectivity index (χ2v) is 3.45. The molecule has 14 heavy (non-hydrogen) atoms. The van der Waals surface area contributed by atoms with Crippen LogP contribution in [-0.2, 0) is 11.2 Å². The van der Waals surface area contributed by atoms with Gasteiger partial charge in [0.05, 0.1) is 0 Å². The minimum Gasteiger partial charge on any atom is -0.370 e. The number of rotatable bonds is 3. The van der Waals surface area contributed by atoms with Gasteiger partial charge in [0.2, 0.25) is 0 Å². The van der Waals surface area contributed by atoms with Gasteiger partial charge in [-0.1, -0.05) is 0 Å². The van der Waals surface area contributed by atoms with Crippen molar-refractivity contribution in [3.05, 3.63) is 23.8 Å². The fourth-order valence-electron chi connectivity index (χ4n) is 1.64. The molecular weight excluding hydrogens is 178 g/mol. The highest BCUT2D eigenvalue weighted by atomic mass is 16.5. The normalized spacial score (nSPS) is 21.4. The molecule has 2 rings (SSSR count). The molecule has 4 heteroatoms. The lowest BCUT2D eigenvalue weighted by molar-refractivity contribution is 0.105. The molecule has 2 heterocycles. The van der Waals surface area contributed by atoms with Gasteiger partial charge < -0.3 is 10.5 Å². The summed E-state index contributed by atoms with van der Waals surface area (Å²) in [7, 11) is 0. The van der Waals surface area contributed by atoms with Gasteiger partial charge in [-0.25, -0.2) is 9.97 Å². The number of aromatic nitrogens is 2. The Hall–Kier alpha value is -1.00. The molecule has 76 valence electrons. The Morgan fingerprint density at radius 2 is 2.50 bits per heavy atom. The van der Waals surface area contributed by atoms with E-state index in [-0.39, 0.29) is 6.10 Å². The van der Waals surface area contributed by atoms with Crippen molar-refractivity contribution < 1.29 is 4.74 Å². The first-order valence-electron chi connectivity index (χ1n) is 5.03. The minimum atomic E-state index is 0.104. The standard InChI is InChI=1S/C10H15N3O/c11-5-3-8-4-6-12-10(13-8)9-2-1-7-14-9/h4,6,9H,1-3,5,7,11H2. The zero-order chi connectivity index (χ0) is 9.80. The van der Waals surface area contributed by atoms with Gasteiger partial charge in [-0.05, 0) is 25.5 Å².